The minimum atomic E-state index is -1.07. The van der Waals surface area contributed by atoms with Crippen LogP contribution in [0.3, 0.4) is 0 Å². The van der Waals surface area contributed by atoms with Crippen LogP contribution in [-0.4, -0.2) is 28.8 Å². The fourth-order valence-corrected chi connectivity index (χ4v) is 1.21. The molecule has 1 amide bonds. The van der Waals surface area contributed by atoms with Crippen molar-refractivity contribution in [3.63, 3.8) is 0 Å². The summed E-state index contributed by atoms with van der Waals surface area (Å²) in [6.45, 7) is 1.19. The molecule has 4 nitrogen and oxygen atoms in total. The van der Waals surface area contributed by atoms with Gasteiger partial charge in [0.05, 0.1) is 12.6 Å². The van der Waals surface area contributed by atoms with E-state index in [1.807, 2.05) is 30.3 Å². The first-order chi connectivity index (χ1) is 7.15. The highest BCUT2D eigenvalue weighted by molar-refractivity contribution is 5.80. The van der Waals surface area contributed by atoms with Gasteiger partial charge in [0.2, 0.25) is 5.91 Å². The summed E-state index contributed by atoms with van der Waals surface area (Å²) >= 11 is 0. The number of hydrogen-bond acceptors (Lipinski definition) is 3. The molecule has 0 bridgehead atoms. The number of carbonyl (C=O) groups is 1. The van der Waals surface area contributed by atoms with E-state index in [0.29, 0.717) is 0 Å². The van der Waals surface area contributed by atoms with E-state index in [1.165, 1.54) is 6.92 Å². The zero-order valence-corrected chi connectivity index (χ0v) is 8.55. The van der Waals surface area contributed by atoms with E-state index in [0.717, 1.165) is 5.56 Å². The second-order valence-electron chi connectivity index (χ2n) is 3.33. The molecule has 2 atom stereocenters. The van der Waals surface area contributed by atoms with Gasteiger partial charge in [-0.1, -0.05) is 30.3 Å². The molecule has 1 aromatic rings. The van der Waals surface area contributed by atoms with Gasteiger partial charge in [-0.25, -0.2) is 0 Å². The van der Waals surface area contributed by atoms with Gasteiger partial charge in [0.15, 0.2) is 0 Å². The van der Waals surface area contributed by atoms with Gasteiger partial charge in [-0.2, -0.15) is 0 Å². The summed E-state index contributed by atoms with van der Waals surface area (Å²) in [7, 11) is 0. The zero-order chi connectivity index (χ0) is 11.3. The van der Waals surface area contributed by atoms with Crippen molar-refractivity contribution in [2.24, 2.45) is 0 Å². The number of hydrogen-bond donors (Lipinski definition) is 3. The van der Waals surface area contributed by atoms with Crippen molar-refractivity contribution >= 4 is 5.91 Å². The third kappa shape index (κ3) is 3.34. The quantitative estimate of drug-likeness (QED) is 0.664. The lowest BCUT2D eigenvalue weighted by atomic mass is 10.1. The molecule has 4 heteroatoms. The summed E-state index contributed by atoms with van der Waals surface area (Å²) in [5, 5.41) is 20.7. The fraction of sp³-hybridized carbons (Fsp3) is 0.364. The Hall–Kier alpha value is -1.39. The number of aliphatic hydroxyl groups is 2. The molecule has 1 aromatic carbocycles. The number of aliphatic hydroxyl groups excluding tert-OH is 2. The number of nitrogens with one attached hydrogen (secondary N) is 1. The standard InChI is InChI=1S/C11H15NO3/c1-8(14)11(15)12-10(7-13)9-5-3-2-4-6-9/h2-6,8,10,13-14H,7H2,1H3,(H,12,15). The monoisotopic (exact) mass is 209 g/mol. The second kappa shape index (κ2) is 5.48. The highest BCUT2D eigenvalue weighted by atomic mass is 16.3. The molecule has 0 heterocycles. The van der Waals surface area contributed by atoms with E-state index >= 15 is 0 Å². The number of amides is 1. The number of rotatable bonds is 4. The van der Waals surface area contributed by atoms with Gasteiger partial charge in [0.25, 0.3) is 0 Å². The summed E-state index contributed by atoms with van der Waals surface area (Å²) in [4.78, 5) is 11.2. The third-order valence-electron chi connectivity index (χ3n) is 2.08. The van der Waals surface area contributed by atoms with Crippen LogP contribution in [0.25, 0.3) is 0 Å². The average Bonchev–Trinajstić information content (AvgIpc) is 2.26. The normalized spacial score (nSPS) is 14.3. The number of carbonyl (C=O) groups excluding carboxylic acids is 1. The molecule has 0 fully saturated rings. The highest BCUT2D eigenvalue weighted by Gasteiger charge is 2.15. The van der Waals surface area contributed by atoms with Gasteiger partial charge >= 0.3 is 0 Å². The topological polar surface area (TPSA) is 69.6 Å². The summed E-state index contributed by atoms with van der Waals surface area (Å²) < 4.78 is 0. The molecule has 0 radical (unpaired) electrons. The first-order valence-electron chi connectivity index (χ1n) is 4.79. The maximum Gasteiger partial charge on any atom is 0.249 e. The van der Waals surface area contributed by atoms with Crippen LogP contribution in [0.5, 0.6) is 0 Å². The molecule has 0 spiro atoms. The molecule has 0 aliphatic rings. The van der Waals surface area contributed by atoms with Crippen molar-refractivity contribution in [2.45, 2.75) is 19.1 Å². The van der Waals surface area contributed by atoms with Gasteiger partial charge in [-0.15, -0.1) is 0 Å². The Morgan fingerprint density at radius 3 is 2.47 bits per heavy atom. The van der Waals surface area contributed by atoms with Crippen molar-refractivity contribution in [2.75, 3.05) is 6.61 Å². The molecule has 1 rings (SSSR count). The SMILES string of the molecule is CC(O)C(=O)NC(CO)c1ccccc1. The van der Waals surface area contributed by atoms with E-state index < -0.39 is 18.1 Å². The van der Waals surface area contributed by atoms with Gasteiger partial charge in [-0.3, -0.25) is 4.79 Å². The second-order valence-corrected chi connectivity index (χ2v) is 3.33. The summed E-state index contributed by atoms with van der Waals surface area (Å²) in [5.74, 6) is -0.488. The molecular weight excluding hydrogens is 194 g/mol. The van der Waals surface area contributed by atoms with Crippen LogP contribution in [0.4, 0.5) is 0 Å². The first-order valence-corrected chi connectivity index (χ1v) is 4.79. The van der Waals surface area contributed by atoms with Gasteiger partial charge in [0.1, 0.15) is 6.10 Å². The summed E-state index contributed by atoms with van der Waals surface area (Å²) in [5.41, 5.74) is 0.814. The predicted octanol–water partition coefficient (Wildman–Crippen LogP) is 0.217. The zero-order valence-electron chi connectivity index (χ0n) is 8.55. The minimum absolute atomic E-state index is 0.192. The van der Waals surface area contributed by atoms with Crippen molar-refractivity contribution in [1.29, 1.82) is 0 Å². The number of benzene rings is 1. The van der Waals surface area contributed by atoms with Gasteiger partial charge in [-0.05, 0) is 12.5 Å². The molecule has 0 aliphatic heterocycles. The lowest BCUT2D eigenvalue weighted by Crippen LogP contribution is -2.37. The maximum absolute atomic E-state index is 11.2. The van der Waals surface area contributed by atoms with Crippen LogP contribution in [0.1, 0.15) is 18.5 Å². The molecule has 0 aromatic heterocycles. The van der Waals surface area contributed by atoms with Crippen LogP contribution < -0.4 is 5.32 Å². The Morgan fingerprint density at radius 2 is 2.00 bits per heavy atom. The molecular formula is C11H15NO3. The first kappa shape index (κ1) is 11.7. The lowest BCUT2D eigenvalue weighted by Gasteiger charge is -2.17. The van der Waals surface area contributed by atoms with Gasteiger partial charge in [0, 0.05) is 0 Å². The minimum Gasteiger partial charge on any atom is -0.394 e. The smallest absolute Gasteiger partial charge is 0.249 e. The Bertz CT molecular complexity index is 311. The summed E-state index contributed by atoms with van der Waals surface area (Å²) in [6, 6.07) is 8.66. The van der Waals surface area contributed by atoms with Crippen LogP contribution >= 0.6 is 0 Å². The van der Waals surface area contributed by atoms with Crippen LogP contribution in [0, 0.1) is 0 Å². The molecule has 0 saturated heterocycles. The van der Waals surface area contributed by atoms with Crippen molar-refractivity contribution < 1.29 is 15.0 Å². The Kier molecular flexibility index (Phi) is 4.27. The highest BCUT2D eigenvalue weighted by Crippen LogP contribution is 2.11. The fourth-order valence-electron chi connectivity index (χ4n) is 1.21. The lowest BCUT2D eigenvalue weighted by molar-refractivity contribution is -0.129. The van der Waals surface area contributed by atoms with Crippen LogP contribution in [0.2, 0.25) is 0 Å². The maximum atomic E-state index is 11.2. The summed E-state index contributed by atoms with van der Waals surface area (Å²) in [6.07, 6.45) is -1.07. The molecule has 3 N–H and O–H groups in total. The Labute approximate surface area is 88.6 Å². The van der Waals surface area contributed by atoms with E-state index in [-0.39, 0.29) is 6.61 Å². The molecule has 0 aliphatic carbocycles. The molecule has 0 saturated carbocycles. The average molecular weight is 209 g/mol. The van der Waals surface area contributed by atoms with E-state index in [2.05, 4.69) is 5.32 Å². The van der Waals surface area contributed by atoms with E-state index in [1.54, 1.807) is 0 Å². The Morgan fingerprint density at radius 1 is 1.40 bits per heavy atom. The largest absolute Gasteiger partial charge is 0.394 e. The van der Waals surface area contributed by atoms with E-state index in [4.69, 9.17) is 10.2 Å². The van der Waals surface area contributed by atoms with Crippen molar-refractivity contribution in [1.82, 2.24) is 5.32 Å². The van der Waals surface area contributed by atoms with Crippen LogP contribution in [0.15, 0.2) is 30.3 Å². The van der Waals surface area contributed by atoms with Gasteiger partial charge < -0.3 is 15.5 Å². The molecule has 82 valence electrons. The van der Waals surface area contributed by atoms with E-state index in [9.17, 15) is 4.79 Å². The molecule has 2 unspecified atom stereocenters. The molecule has 15 heavy (non-hydrogen) atoms. The van der Waals surface area contributed by atoms with Crippen molar-refractivity contribution in [3.05, 3.63) is 35.9 Å². The predicted molar refractivity (Wildman–Crippen MR) is 56.1 cm³/mol. The Balaban J connectivity index is 2.69. The van der Waals surface area contributed by atoms with Crippen LogP contribution in [-0.2, 0) is 4.79 Å². The van der Waals surface area contributed by atoms with Crippen molar-refractivity contribution in [3.8, 4) is 0 Å². The third-order valence-corrected chi connectivity index (χ3v) is 2.08.